The van der Waals surface area contributed by atoms with E-state index in [1.165, 1.54) is 38.8 Å². The minimum absolute atomic E-state index is 0.975. The van der Waals surface area contributed by atoms with Gasteiger partial charge in [-0.05, 0) is 29.7 Å². The van der Waals surface area contributed by atoms with Crippen molar-refractivity contribution in [3.8, 4) is 22.5 Å². The molecule has 0 unspecified atom stereocenters. The van der Waals surface area contributed by atoms with Crippen molar-refractivity contribution in [2.75, 3.05) is 0 Å². The first-order valence-electron chi connectivity index (χ1n) is 8.00. The lowest BCUT2D eigenvalue weighted by molar-refractivity contribution is 0.631. The Hall–Kier alpha value is -2.80. The molecule has 0 radical (unpaired) electrons. The highest BCUT2D eigenvalue weighted by Gasteiger charge is 2.24. The van der Waals surface area contributed by atoms with Gasteiger partial charge in [0.1, 0.15) is 11.3 Å². The van der Waals surface area contributed by atoms with Gasteiger partial charge in [0.05, 0.1) is 0 Å². The molecule has 0 N–H and O–H groups in total. The number of hydrogen-bond acceptors (Lipinski definition) is 1. The third-order valence-corrected chi connectivity index (χ3v) is 4.81. The molecule has 1 aliphatic carbocycles. The Morgan fingerprint density at radius 3 is 2.48 bits per heavy atom. The predicted molar refractivity (Wildman–Crippen MR) is 94.6 cm³/mol. The Morgan fingerprint density at radius 1 is 0.826 bits per heavy atom. The van der Waals surface area contributed by atoms with Crippen LogP contribution in [-0.4, -0.2) is 0 Å². The second kappa shape index (κ2) is 4.60. The molecular formula is C22H16O. The van der Waals surface area contributed by atoms with E-state index in [0.717, 1.165) is 17.8 Å². The summed E-state index contributed by atoms with van der Waals surface area (Å²) in [5.74, 6) is 1.05. The van der Waals surface area contributed by atoms with Gasteiger partial charge >= 0.3 is 0 Å². The third kappa shape index (κ3) is 1.86. The number of rotatable bonds is 1. The molecule has 1 aliphatic rings. The molecule has 1 nitrogen and oxygen atoms in total. The zero-order valence-electron chi connectivity index (χ0n) is 13.0. The van der Waals surface area contributed by atoms with E-state index in [4.69, 9.17) is 4.42 Å². The van der Waals surface area contributed by atoms with Gasteiger partial charge in [-0.15, -0.1) is 0 Å². The number of benzene rings is 3. The summed E-state index contributed by atoms with van der Waals surface area (Å²) in [6, 6.07) is 23.7. The number of aryl methyl sites for hydroxylation is 1. The van der Waals surface area contributed by atoms with Crippen molar-refractivity contribution in [1.29, 1.82) is 0 Å². The monoisotopic (exact) mass is 296 g/mol. The van der Waals surface area contributed by atoms with Crippen molar-refractivity contribution in [2.45, 2.75) is 13.3 Å². The summed E-state index contributed by atoms with van der Waals surface area (Å²) < 4.78 is 6.22. The minimum Gasteiger partial charge on any atom is -0.456 e. The Balaban J connectivity index is 1.68. The van der Waals surface area contributed by atoms with E-state index < -0.39 is 0 Å². The van der Waals surface area contributed by atoms with E-state index in [9.17, 15) is 0 Å². The topological polar surface area (TPSA) is 13.1 Å². The normalized spacial score (nSPS) is 12.4. The maximum atomic E-state index is 6.22. The predicted octanol–water partition coefficient (Wildman–Crippen LogP) is 5.98. The number of furan rings is 1. The SMILES string of the molecule is Cc1ccc(-c2ccc3c4c(oc3c2)-c2ccccc2C4)cc1. The van der Waals surface area contributed by atoms with Crippen LogP contribution in [0.2, 0.25) is 0 Å². The standard InChI is InChI=1S/C22H16O/c1-14-6-8-15(9-7-14)16-10-11-19-20-12-17-4-2-3-5-18(17)22(20)23-21(19)13-16/h2-11,13H,12H2,1H3. The Labute approximate surface area is 135 Å². The summed E-state index contributed by atoms with van der Waals surface area (Å²) >= 11 is 0. The molecule has 0 bridgehead atoms. The van der Waals surface area contributed by atoms with Crippen LogP contribution in [0.15, 0.2) is 71.1 Å². The summed E-state index contributed by atoms with van der Waals surface area (Å²) in [7, 11) is 0. The maximum Gasteiger partial charge on any atom is 0.139 e. The molecule has 23 heavy (non-hydrogen) atoms. The second-order valence-electron chi connectivity index (χ2n) is 6.32. The van der Waals surface area contributed by atoms with Gasteiger partial charge < -0.3 is 4.42 Å². The van der Waals surface area contributed by atoms with Gasteiger partial charge in [0.25, 0.3) is 0 Å². The van der Waals surface area contributed by atoms with Crippen molar-refractivity contribution < 1.29 is 4.42 Å². The fourth-order valence-electron chi connectivity index (χ4n) is 3.55. The smallest absolute Gasteiger partial charge is 0.139 e. The van der Waals surface area contributed by atoms with Crippen LogP contribution in [0.1, 0.15) is 16.7 Å². The van der Waals surface area contributed by atoms with Crippen LogP contribution in [0.4, 0.5) is 0 Å². The molecule has 0 amide bonds. The van der Waals surface area contributed by atoms with Crippen molar-refractivity contribution in [3.05, 3.63) is 83.4 Å². The average molecular weight is 296 g/mol. The fraction of sp³-hybridized carbons (Fsp3) is 0.0909. The highest BCUT2D eigenvalue weighted by atomic mass is 16.3. The first-order valence-corrected chi connectivity index (χ1v) is 8.00. The van der Waals surface area contributed by atoms with Crippen LogP contribution in [0, 0.1) is 6.92 Å². The van der Waals surface area contributed by atoms with Crippen molar-refractivity contribution in [3.63, 3.8) is 0 Å². The zero-order valence-corrected chi connectivity index (χ0v) is 13.0. The quantitative estimate of drug-likeness (QED) is 0.371. The zero-order chi connectivity index (χ0) is 15.4. The van der Waals surface area contributed by atoms with E-state index in [1.54, 1.807) is 0 Å². The summed E-state index contributed by atoms with van der Waals surface area (Å²) in [6.45, 7) is 2.11. The van der Waals surface area contributed by atoms with Crippen LogP contribution in [0.5, 0.6) is 0 Å². The molecule has 0 aliphatic heterocycles. The molecule has 0 atom stereocenters. The minimum atomic E-state index is 0.975. The van der Waals surface area contributed by atoms with Crippen molar-refractivity contribution in [2.24, 2.45) is 0 Å². The van der Waals surface area contributed by atoms with E-state index in [0.29, 0.717) is 0 Å². The van der Waals surface area contributed by atoms with Gasteiger partial charge in [0.2, 0.25) is 0 Å². The van der Waals surface area contributed by atoms with Crippen molar-refractivity contribution in [1.82, 2.24) is 0 Å². The molecule has 0 spiro atoms. The van der Waals surface area contributed by atoms with E-state index in [1.807, 2.05) is 0 Å². The molecule has 3 aromatic carbocycles. The summed E-state index contributed by atoms with van der Waals surface area (Å²) in [6.07, 6.45) is 0.975. The van der Waals surface area contributed by atoms with Crippen molar-refractivity contribution >= 4 is 11.0 Å². The maximum absolute atomic E-state index is 6.22. The largest absolute Gasteiger partial charge is 0.456 e. The summed E-state index contributed by atoms with van der Waals surface area (Å²) in [5, 5.41) is 1.24. The van der Waals surface area contributed by atoms with E-state index in [2.05, 4.69) is 73.7 Å². The van der Waals surface area contributed by atoms with Gasteiger partial charge in [0.15, 0.2) is 0 Å². The molecule has 110 valence electrons. The van der Waals surface area contributed by atoms with E-state index in [-0.39, 0.29) is 0 Å². The van der Waals surface area contributed by atoms with Gasteiger partial charge in [-0.2, -0.15) is 0 Å². The molecule has 1 aromatic heterocycles. The lowest BCUT2D eigenvalue weighted by Gasteiger charge is -2.03. The molecule has 5 rings (SSSR count). The first kappa shape index (κ1) is 12.7. The lowest BCUT2D eigenvalue weighted by Crippen LogP contribution is -1.82. The number of fused-ring (bicyclic) bond motifs is 5. The lowest BCUT2D eigenvalue weighted by atomic mass is 10.0. The van der Waals surface area contributed by atoms with Crippen LogP contribution in [-0.2, 0) is 6.42 Å². The molecule has 0 saturated heterocycles. The summed E-state index contributed by atoms with van der Waals surface area (Å²) in [4.78, 5) is 0. The Bertz CT molecular complexity index is 1040. The molecule has 0 saturated carbocycles. The number of hydrogen-bond donors (Lipinski definition) is 0. The first-order chi connectivity index (χ1) is 11.3. The Kier molecular flexibility index (Phi) is 2.54. The molecule has 4 aromatic rings. The summed E-state index contributed by atoms with van der Waals surface area (Å²) in [5.41, 5.74) is 8.65. The van der Waals surface area contributed by atoms with Crippen LogP contribution < -0.4 is 0 Å². The van der Waals surface area contributed by atoms with Crippen LogP contribution in [0.3, 0.4) is 0 Å². The van der Waals surface area contributed by atoms with Gasteiger partial charge in [-0.25, -0.2) is 0 Å². The third-order valence-electron chi connectivity index (χ3n) is 4.81. The highest BCUT2D eigenvalue weighted by Crippen LogP contribution is 2.43. The van der Waals surface area contributed by atoms with Gasteiger partial charge in [-0.1, -0.05) is 66.2 Å². The van der Waals surface area contributed by atoms with Crippen LogP contribution >= 0.6 is 0 Å². The second-order valence-corrected chi connectivity index (χ2v) is 6.32. The van der Waals surface area contributed by atoms with Crippen LogP contribution in [0.25, 0.3) is 33.4 Å². The molecular weight excluding hydrogens is 280 g/mol. The average Bonchev–Trinajstić information content (AvgIpc) is 3.11. The molecule has 0 fully saturated rings. The fourth-order valence-corrected chi connectivity index (χ4v) is 3.55. The van der Waals surface area contributed by atoms with Gasteiger partial charge in [0, 0.05) is 22.9 Å². The Morgan fingerprint density at radius 2 is 1.61 bits per heavy atom. The van der Waals surface area contributed by atoms with E-state index >= 15 is 0 Å². The molecule has 1 heteroatoms. The molecule has 1 heterocycles. The van der Waals surface area contributed by atoms with Gasteiger partial charge in [-0.3, -0.25) is 0 Å². The highest BCUT2D eigenvalue weighted by molar-refractivity contribution is 5.93.